The van der Waals surface area contributed by atoms with Crippen molar-refractivity contribution in [2.75, 3.05) is 6.54 Å². The molecular formula is C19H19FN6O3. The zero-order valence-electron chi connectivity index (χ0n) is 15.5. The van der Waals surface area contributed by atoms with Crippen LogP contribution < -0.4 is 5.32 Å². The van der Waals surface area contributed by atoms with Crippen molar-refractivity contribution < 1.29 is 18.2 Å². The third-order valence-corrected chi connectivity index (χ3v) is 5.13. The van der Waals surface area contributed by atoms with Crippen LogP contribution in [0.2, 0.25) is 0 Å². The fourth-order valence-corrected chi connectivity index (χ4v) is 3.48. The maximum Gasteiger partial charge on any atom is 0.292 e. The van der Waals surface area contributed by atoms with Crippen LogP contribution in [-0.4, -0.2) is 43.7 Å². The highest BCUT2D eigenvalue weighted by atomic mass is 19.1. The molecule has 1 saturated carbocycles. The summed E-state index contributed by atoms with van der Waals surface area (Å²) in [5.41, 5.74) is 0.295. The molecule has 1 amide bonds. The Labute approximate surface area is 165 Å². The molecule has 10 heteroatoms. The predicted molar refractivity (Wildman–Crippen MR) is 96.9 cm³/mol. The van der Waals surface area contributed by atoms with Gasteiger partial charge in [0.15, 0.2) is 0 Å². The van der Waals surface area contributed by atoms with E-state index >= 15 is 0 Å². The molecule has 1 N–H and O–H groups in total. The number of nitrogens with zero attached hydrogens (tertiary/aromatic N) is 5. The molecule has 1 aliphatic carbocycles. The van der Waals surface area contributed by atoms with Gasteiger partial charge in [0.05, 0.1) is 18.2 Å². The minimum atomic E-state index is -0.401. The van der Waals surface area contributed by atoms with Crippen molar-refractivity contribution in [1.82, 2.24) is 30.5 Å². The Hall–Kier alpha value is -3.14. The first-order chi connectivity index (χ1) is 14.2. The van der Waals surface area contributed by atoms with Gasteiger partial charge in [-0.1, -0.05) is 22.4 Å². The summed E-state index contributed by atoms with van der Waals surface area (Å²) in [6.07, 6.45) is 3.74. The van der Waals surface area contributed by atoms with E-state index in [1.165, 1.54) is 6.07 Å². The molecule has 9 nitrogen and oxygen atoms in total. The lowest BCUT2D eigenvalue weighted by atomic mass is 10.2. The normalized spacial score (nSPS) is 19.6. The van der Waals surface area contributed by atoms with Crippen molar-refractivity contribution in [1.29, 1.82) is 0 Å². The van der Waals surface area contributed by atoms with Crippen LogP contribution in [0.1, 0.15) is 54.1 Å². The van der Waals surface area contributed by atoms with E-state index in [4.69, 9.17) is 9.05 Å². The lowest BCUT2D eigenvalue weighted by Gasteiger charge is -2.18. The molecule has 0 bridgehead atoms. The van der Waals surface area contributed by atoms with Gasteiger partial charge < -0.3 is 14.4 Å². The average Bonchev–Trinajstić information content (AvgIpc) is 3.14. The SMILES string of the molecule is O=C(NC1CC1)c1noc(C2CCCN2Cc2nc(-c3ccccc3F)no2)n1. The number of carbonyl (C=O) groups excluding carboxylic acids is 1. The molecular weight excluding hydrogens is 379 g/mol. The molecule has 3 heterocycles. The van der Waals surface area contributed by atoms with Gasteiger partial charge in [-0.3, -0.25) is 9.69 Å². The Morgan fingerprint density at radius 1 is 1.17 bits per heavy atom. The molecule has 3 aromatic rings. The number of benzene rings is 1. The van der Waals surface area contributed by atoms with Crippen molar-refractivity contribution in [3.63, 3.8) is 0 Å². The van der Waals surface area contributed by atoms with Gasteiger partial charge in [-0.05, 0) is 44.4 Å². The molecule has 1 unspecified atom stereocenters. The first-order valence-corrected chi connectivity index (χ1v) is 9.63. The Balaban J connectivity index is 1.29. The Morgan fingerprint density at radius 2 is 2.03 bits per heavy atom. The third-order valence-electron chi connectivity index (χ3n) is 5.13. The van der Waals surface area contributed by atoms with E-state index < -0.39 is 5.82 Å². The molecule has 2 aromatic heterocycles. The van der Waals surface area contributed by atoms with Crippen molar-refractivity contribution in [2.24, 2.45) is 0 Å². The molecule has 1 atom stereocenters. The van der Waals surface area contributed by atoms with E-state index in [1.54, 1.807) is 18.2 Å². The van der Waals surface area contributed by atoms with Crippen molar-refractivity contribution >= 4 is 5.91 Å². The van der Waals surface area contributed by atoms with Crippen LogP contribution in [0.3, 0.4) is 0 Å². The Bertz CT molecular complexity index is 1030. The van der Waals surface area contributed by atoms with Crippen molar-refractivity contribution in [3.8, 4) is 11.4 Å². The van der Waals surface area contributed by atoms with Gasteiger partial charge in [-0.2, -0.15) is 9.97 Å². The van der Waals surface area contributed by atoms with Gasteiger partial charge >= 0.3 is 0 Å². The second-order valence-electron chi connectivity index (χ2n) is 7.32. The van der Waals surface area contributed by atoms with Gasteiger partial charge in [0, 0.05) is 6.04 Å². The molecule has 2 fully saturated rings. The van der Waals surface area contributed by atoms with Crippen molar-refractivity contribution in [3.05, 3.63) is 47.7 Å². The summed E-state index contributed by atoms with van der Waals surface area (Å²) in [4.78, 5) is 22.8. The molecule has 1 saturated heterocycles. The predicted octanol–water partition coefficient (Wildman–Crippen LogP) is 2.49. The summed E-state index contributed by atoms with van der Waals surface area (Å²) in [5.74, 6) is 0.336. The van der Waals surface area contributed by atoms with Crippen LogP contribution in [0, 0.1) is 5.82 Å². The Morgan fingerprint density at radius 3 is 2.86 bits per heavy atom. The fourth-order valence-electron chi connectivity index (χ4n) is 3.48. The van der Waals surface area contributed by atoms with Crippen LogP contribution in [0.5, 0.6) is 0 Å². The number of aromatic nitrogens is 4. The van der Waals surface area contributed by atoms with E-state index in [-0.39, 0.29) is 29.6 Å². The monoisotopic (exact) mass is 398 g/mol. The van der Waals surface area contributed by atoms with Crippen LogP contribution in [0.4, 0.5) is 4.39 Å². The summed E-state index contributed by atoms with van der Waals surface area (Å²) in [6, 6.07) is 6.39. The number of rotatable bonds is 6. The van der Waals surface area contributed by atoms with Gasteiger partial charge in [-0.15, -0.1) is 0 Å². The minimum Gasteiger partial charge on any atom is -0.346 e. The maximum absolute atomic E-state index is 13.9. The van der Waals surface area contributed by atoms with Crippen LogP contribution in [0.15, 0.2) is 33.3 Å². The van der Waals surface area contributed by atoms with Crippen LogP contribution in [0.25, 0.3) is 11.4 Å². The minimum absolute atomic E-state index is 0.0541. The second-order valence-corrected chi connectivity index (χ2v) is 7.32. The maximum atomic E-state index is 13.9. The number of carbonyl (C=O) groups is 1. The van der Waals surface area contributed by atoms with Gasteiger partial charge in [0.25, 0.3) is 11.7 Å². The topological polar surface area (TPSA) is 110 Å². The number of nitrogens with one attached hydrogen (secondary N) is 1. The first kappa shape index (κ1) is 17.9. The van der Waals surface area contributed by atoms with Crippen molar-refractivity contribution in [2.45, 2.75) is 44.3 Å². The van der Waals surface area contributed by atoms with E-state index in [1.807, 2.05) is 0 Å². The molecule has 1 aliphatic heterocycles. The molecule has 0 spiro atoms. The smallest absolute Gasteiger partial charge is 0.292 e. The lowest BCUT2D eigenvalue weighted by molar-refractivity contribution is 0.0937. The lowest BCUT2D eigenvalue weighted by Crippen LogP contribution is -2.27. The summed E-state index contributed by atoms with van der Waals surface area (Å²) < 4.78 is 24.6. The summed E-state index contributed by atoms with van der Waals surface area (Å²) in [7, 11) is 0. The summed E-state index contributed by atoms with van der Waals surface area (Å²) in [5, 5.41) is 10.6. The molecule has 150 valence electrons. The number of likely N-dealkylation sites (tertiary alicyclic amines) is 1. The number of halogens is 1. The quantitative estimate of drug-likeness (QED) is 0.674. The Kier molecular flexibility index (Phi) is 4.55. The molecule has 29 heavy (non-hydrogen) atoms. The molecule has 0 radical (unpaired) electrons. The number of amides is 1. The zero-order chi connectivity index (χ0) is 19.8. The highest BCUT2D eigenvalue weighted by Gasteiger charge is 2.33. The third kappa shape index (κ3) is 3.75. The number of hydrogen-bond acceptors (Lipinski definition) is 8. The summed E-state index contributed by atoms with van der Waals surface area (Å²) >= 11 is 0. The standard InChI is InChI=1S/C19H19FN6O3/c20-13-5-2-1-4-12(13)16-22-15(28-24-16)10-26-9-3-6-14(26)19-23-17(25-29-19)18(27)21-11-7-8-11/h1-2,4-5,11,14H,3,6-10H2,(H,21,27). The van der Waals surface area contributed by atoms with E-state index in [2.05, 4.69) is 30.5 Å². The van der Waals surface area contributed by atoms with Crippen LogP contribution in [-0.2, 0) is 6.54 Å². The largest absolute Gasteiger partial charge is 0.346 e. The highest BCUT2D eigenvalue weighted by molar-refractivity contribution is 5.90. The highest BCUT2D eigenvalue weighted by Crippen LogP contribution is 2.32. The van der Waals surface area contributed by atoms with E-state index in [9.17, 15) is 9.18 Å². The van der Waals surface area contributed by atoms with Gasteiger partial charge in [-0.25, -0.2) is 4.39 Å². The van der Waals surface area contributed by atoms with E-state index in [0.717, 1.165) is 32.2 Å². The summed E-state index contributed by atoms with van der Waals surface area (Å²) in [6.45, 7) is 1.16. The van der Waals surface area contributed by atoms with E-state index in [0.29, 0.717) is 23.9 Å². The molecule has 2 aliphatic rings. The van der Waals surface area contributed by atoms with Gasteiger partial charge in [0.1, 0.15) is 5.82 Å². The zero-order valence-corrected chi connectivity index (χ0v) is 15.5. The van der Waals surface area contributed by atoms with Gasteiger partial charge in [0.2, 0.25) is 17.6 Å². The first-order valence-electron chi connectivity index (χ1n) is 9.63. The molecule has 5 rings (SSSR count). The second kappa shape index (κ2) is 7.36. The molecule has 1 aromatic carbocycles. The average molecular weight is 398 g/mol. The fraction of sp³-hybridized carbons (Fsp3) is 0.421. The van der Waals surface area contributed by atoms with Crippen LogP contribution >= 0.6 is 0 Å². The number of hydrogen-bond donors (Lipinski definition) is 1.